The average molecular weight is 216 g/mol. The SMILES string of the molecule is CCSCCCN1C(C)CNCC1C. The van der Waals surface area contributed by atoms with E-state index in [-0.39, 0.29) is 0 Å². The highest BCUT2D eigenvalue weighted by molar-refractivity contribution is 7.99. The molecule has 0 spiro atoms. The summed E-state index contributed by atoms with van der Waals surface area (Å²) in [4.78, 5) is 2.65. The first-order chi connectivity index (χ1) is 6.75. The molecule has 1 rings (SSSR count). The van der Waals surface area contributed by atoms with Crippen LogP contribution in [-0.2, 0) is 0 Å². The minimum Gasteiger partial charge on any atom is -0.314 e. The summed E-state index contributed by atoms with van der Waals surface area (Å²) in [5.74, 6) is 2.58. The Morgan fingerprint density at radius 2 is 1.93 bits per heavy atom. The van der Waals surface area contributed by atoms with E-state index < -0.39 is 0 Å². The van der Waals surface area contributed by atoms with Gasteiger partial charge in [-0.3, -0.25) is 4.90 Å². The van der Waals surface area contributed by atoms with Crippen LogP contribution in [0.4, 0.5) is 0 Å². The lowest BCUT2D eigenvalue weighted by molar-refractivity contribution is 0.118. The molecule has 14 heavy (non-hydrogen) atoms. The van der Waals surface area contributed by atoms with E-state index in [1.807, 2.05) is 0 Å². The molecular formula is C11H24N2S. The van der Waals surface area contributed by atoms with Gasteiger partial charge in [0.15, 0.2) is 0 Å². The molecule has 84 valence electrons. The molecule has 0 saturated carbocycles. The first-order valence-corrected chi connectivity index (χ1v) is 6.95. The summed E-state index contributed by atoms with van der Waals surface area (Å²) < 4.78 is 0. The van der Waals surface area contributed by atoms with E-state index in [9.17, 15) is 0 Å². The Hall–Kier alpha value is 0.270. The second-order valence-corrected chi connectivity index (χ2v) is 5.54. The molecular weight excluding hydrogens is 192 g/mol. The Bertz CT molecular complexity index is 142. The lowest BCUT2D eigenvalue weighted by atomic mass is 10.1. The van der Waals surface area contributed by atoms with Crippen LogP contribution in [-0.4, -0.2) is 48.1 Å². The van der Waals surface area contributed by atoms with Gasteiger partial charge < -0.3 is 5.32 Å². The maximum absolute atomic E-state index is 3.47. The number of thioether (sulfide) groups is 1. The summed E-state index contributed by atoms with van der Waals surface area (Å²) in [6.07, 6.45) is 1.34. The second kappa shape index (κ2) is 6.70. The van der Waals surface area contributed by atoms with Crippen LogP contribution in [0.5, 0.6) is 0 Å². The molecule has 0 amide bonds. The van der Waals surface area contributed by atoms with Crippen molar-refractivity contribution in [1.29, 1.82) is 0 Å². The highest BCUT2D eigenvalue weighted by Gasteiger charge is 2.23. The highest BCUT2D eigenvalue weighted by Crippen LogP contribution is 2.11. The number of hydrogen-bond donors (Lipinski definition) is 1. The second-order valence-electron chi connectivity index (χ2n) is 4.14. The molecule has 1 heterocycles. The van der Waals surface area contributed by atoms with E-state index in [2.05, 4.69) is 42.7 Å². The summed E-state index contributed by atoms with van der Waals surface area (Å²) in [5, 5.41) is 3.47. The monoisotopic (exact) mass is 216 g/mol. The van der Waals surface area contributed by atoms with Gasteiger partial charge in [0.25, 0.3) is 0 Å². The van der Waals surface area contributed by atoms with Crippen LogP contribution in [0.1, 0.15) is 27.2 Å². The largest absolute Gasteiger partial charge is 0.314 e. The molecule has 0 aromatic carbocycles. The van der Waals surface area contributed by atoms with E-state index in [1.54, 1.807) is 0 Å². The van der Waals surface area contributed by atoms with Gasteiger partial charge in [-0.1, -0.05) is 6.92 Å². The van der Waals surface area contributed by atoms with Crippen molar-refractivity contribution >= 4 is 11.8 Å². The quantitative estimate of drug-likeness (QED) is 0.706. The van der Waals surface area contributed by atoms with Gasteiger partial charge in [-0.2, -0.15) is 11.8 Å². The van der Waals surface area contributed by atoms with Crippen molar-refractivity contribution in [2.75, 3.05) is 31.1 Å². The zero-order valence-electron chi connectivity index (χ0n) is 9.75. The number of rotatable bonds is 5. The third-order valence-corrected chi connectivity index (χ3v) is 3.91. The minimum absolute atomic E-state index is 0.713. The molecule has 1 N–H and O–H groups in total. The van der Waals surface area contributed by atoms with Crippen LogP contribution in [0.25, 0.3) is 0 Å². The molecule has 1 aliphatic rings. The highest BCUT2D eigenvalue weighted by atomic mass is 32.2. The molecule has 0 aliphatic carbocycles. The third kappa shape index (κ3) is 3.79. The van der Waals surface area contributed by atoms with Crippen molar-refractivity contribution in [2.24, 2.45) is 0 Å². The zero-order chi connectivity index (χ0) is 10.4. The van der Waals surface area contributed by atoms with Crippen LogP contribution >= 0.6 is 11.8 Å². The Labute approximate surface area is 92.8 Å². The third-order valence-electron chi connectivity index (χ3n) is 2.92. The molecule has 3 heteroatoms. The van der Waals surface area contributed by atoms with Crippen molar-refractivity contribution in [2.45, 2.75) is 39.3 Å². The lowest BCUT2D eigenvalue weighted by Crippen LogP contribution is -2.55. The standard InChI is InChI=1S/C11H24N2S/c1-4-14-7-5-6-13-10(2)8-12-9-11(13)3/h10-12H,4-9H2,1-3H3. The van der Waals surface area contributed by atoms with Gasteiger partial charge >= 0.3 is 0 Å². The molecule has 0 radical (unpaired) electrons. The van der Waals surface area contributed by atoms with Gasteiger partial charge in [0, 0.05) is 25.2 Å². The van der Waals surface area contributed by atoms with Crippen molar-refractivity contribution in [3.05, 3.63) is 0 Å². The topological polar surface area (TPSA) is 15.3 Å². The van der Waals surface area contributed by atoms with Crippen LogP contribution in [0.3, 0.4) is 0 Å². The first-order valence-electron chi connectivity index (χ1n) is 5.80. The fourth-order valence-corrected chi connectivity index (χ4v) is 2.73. The maximum atomic E-state index is 3.47. The van der Waals surface area contributed by atoms with Gasteiger partial charge in [-0.15, -0.1) is 0 Å². The molecule has 2 nitrogen and oxygen atoms in total. The summed E-state index contributed by atoms with van der Waals surface area (Å²) in [7, 11) is 0. The molecule has 1 fully saturated rings. The van der Waals surface area contributed by atoms with Gasteiger partial charge in [0.2, 0.25) is 0 Å². The van der Waals surface area contributed by atoms with Crippen LogP contribution < -0.4 is 5.32 Å². The zero-order valence-corrected chi connectivity index (χ0v) is 10.6. The summed E-state index contributed by atoms with van der Waals surface area (Å²) in [6, 6.07) is 1.43. The van der Waals surface area contributed by atoms with Crippen LogP contribution in [0.15, 0.2) is 0 Å². The first kappa shape index (κ1) is 12.3. The number of nitrogens with zero attached hydrogens (tertiary/aromatic N) is 1. The lowest BCUT2D eigenvalue weighted by Gasteiger charge is -2.39. The fourth-order valence-electron chi connectivity index (χ4n) is 2.10. The van der Waals surface area contributed by atoms with E-state index in [4.69, 9.17) is 0 Å². The fraction of sp³-hybridized carbons (Fsp3) is 1.00. The van der Waals surface area contributed by atoms with Gasteiger partial charge in [-0.25, -0.2) is 0 Å². The van der Waals surface area contributed by atoms with Crippen molar-refractivity contribution in [1.82, 2.24) is 10.2 Å². The molecule has 0 bridgehead atoms. The minimum atomic E-state index is 0.713. The van der Waals surface area contributed by atoms with Gasteiger partial charge in [0.1, 0.15) is 0 Å². The molecule has 2 unspecified atom stereocenters. The number of hydrogen-bond acceptors (Lipinski definition) is 3. The van der Waals surface area contributed by atoms with Gasteiger partial charge in [0.05, 0.1) is 0 Å². The van der Waals surface area contributed by atoms with Crippen LogP contribution in [0, 0.1) is 0 Å². The predicted octanol–water partition coefficient (Wildman–Crippen LogP) is 1.81. The van der Waals surface area contributed by atoms with Crippen molar-refractivity contribution < 1.29 is 0 Å². The summed E-state index contributed by atoms with van der Waals surface area (Å²) in [5.41, 5.74) is 0. The molecule has 0 aromatic rings. The van der Waals surface area contributed by atoms with E-state index in [0.717, 1.165) is 13.1 Å². The maximum Gasteiger partial charge on any atom is 0.0195 e. The van der Waals surface area contributed by atoms with E-state index >= 15 is 0 Å². The summed E-state index contributed by atoms with van der Waals surface area (Å²) >= 11 is 2.06. The molecule has 1 aliphatic heterocycles. The van der Waals surface area contributed by atoms with Crippen molar-refractivity contribution in [3.8, 4) is 0 Å². The van der Waals surface area contributed by atoms with E-state index in [0.29, 0.717) is 12.1 Å². The average Bonchev–Trinajstić information content (AvgIpc) is 2.16. The number of nitrogens with one attached hydrogen (secondary N) is 1. The Morgan fingerprint density at radius 1 is 1.29 bits per heavy atom. The predicted molar refractivity (Wildman–Crippen MR) is 66.1 cm³/mol. The van der Waals surface area contributed by atoms with Gasteiger partial charge in [-0.05, 0) is 38.3 Å². The Morgan fingerprint density at radius 3 is 2.50 bits per heavy atom. The Kier molecular flexibility index (Phi) is 5.90. The normalized spacial score (nSPS) is 29.4. The molecule has 2 atom stereocenters. The summed E-state index contributed by atoms with van der Waals surface area (Å²) in [6.45, 7) is 10.5. The molecule has 1 saturated heterocycles. The van der Waals surface area contributed by atoms with Crippen molar-refractivity contribution in [3.63, 3.8) is 0 Å². The smallest absolute Gasteiger partial charge is 0.0195 e. The van der Waals surface area contributed by atoms with E-state index in [1.165, 1.54) is 24.5 Å². The molecule has 0 aromatic heterocycles. The number of piperazine rings is 1. The van der Waals surface area contributed by atoms with Crippen LogP contribution in [0.2, 0.25) is 0 Å². The Balaban J connectivity index is 2.19.